The summed E-state index contributed by atoms with van der Waals surface area (Å²) in [5.41, 5.74) is 0. The van der Waals surface area contributed by atoms with Crippen molar-refractivity contribution in [3.8, 4) is 0 Å². The Bertz CT molecular complexity index is 305. The van der Waals surface area contributed by atoms with Crippen molar-refractivity contribution in [3.63, 3.8) is 0 Å². The summed E-state index contributed by atoms with van der Waals surface area (Å²) in [6.45, 7) is 7.74. The minimum Gasteiger partial charge on any atom is -0.461 e. The monoisotopic (exact) mass is 267 g/mol. The second kappa shape index (κ2) is 6.74. The largest absolute Gasteiger partial charge is 0.461 e. The maximum absolute atomic E-state index is 12.2. The smallest absolute Gasteiger partial charge is 0.323 e. The van der Waals surface area contributed by atoms with E-state index in [1.165, 1.54) is 19.3 Å². The average Bonchev–Trinajstić information content (AvgIpc) is 2.43. The third-order valence-electron chi connectivity index (χ3n) is 5.21. The molecule has 3 heteroatoms. The first-order valence-electron chi connectivity index (χ1n) is 8.04. The Balaban J connectivity index is 1.80. The van der Waals surface area contributed by atoms with Crippen molar-refractivity contribution in [3.05, 3.63) is 0 Å². The standard InChI is InChI=1S/C16H29NO2/c1-4-13-7-8-17-15(10-13)16(18)19-14-6-5-11(2)12(3)9-14/h11-15,17H,4-10H2,1-3H3. The highest BCUT2D eigenvalue weighted by molar-refractivity contribution is 5.76. The number of ether oxygens (including phenoxy) is 1. The molecule has 1 aliphatic heterocycles. The second-order valence-corrected chi connectivity index (χ2v) is 6.63. The molecule has 0 amide bonds. The lowest BCUT2D eigenvalue weighted by Gasteiger charge is -2.34. The SMILES string of the molecule is CCC1CCNC(C(=O)OC2CCC(C)C(C)C2)C1. The Hall–Kier alpha value is -0.570. The van der Waals surface area contributed by atoms with Gasteiger partial charge in [0, 0.05) is 0 Å². The molecular weight excluding hydrogens is 238 g/mol. The fourth-order valence-corrected chi connectivity index (χ4v) is 3.40. The molecule has 0 aromatic heterocycles. The topological polar surface area (TPSA) is 38.3 Å². The number of carbonyl (C=O) groups is 1. The van der Waals surface area contributed by atoms with Gasteiger partial charge in [0.1, 0.15) is 12.1 Å². The molecule has 2 fully saturated rings. The van der Waals surface area contributed by atoms with Gasteiger partial charge >= 0.3 is 5.97 Å². The molecule has 1 heterocycles. The summed E-state index contributed by atoms with van der Waals surface area (Å²) >= 11 is 0. The van der Waals surface area contributed by atoms with Crippen LogP contribution in [-0.4, -0.2) is 24.7 Å². The Labute approximate surface area is 117 Å². The highest BCUT2D eigenvalue weighted by Gasteiger charge is 2.31. The van der Waals surface area contributed by atoms with Crippen molar-refractivity contribution < 1.29 is 9.53 Å². The van der Waals surface area contributed by atoms with Crippen molar-refractivity contribution in [2.75, 3.05) is 6.54 Å². The molecule has 1 saturated heterocycles. The number of nitrogens with one attached hydrogen (secondary N) is 1. The van der Waals surface area contributed by atoms with Crippen LogP contribution in [0.2, 0.25) is 0 Å². The summed E-state index contributed by atoms with van der Waals surface area (Å²) in [5, 5.41) is 3.32. The fourth-order valence-electron chi connectivity index (χ4n) is 3.40. The van der Waals surface area contributed by atoms with Crippen molar-refractivity contribution in [2.45, 2.75) is 71.4 Å². The van der Waals surface area contributed by atoms with E-state index in [1.807, 2.05) is 0 Å². The predicted molar refractivity (Wildman–Crippen MR) is 76.9 cm³/mol. The molecule has 2 rings (SSSR count). The molecule has 3 nitrogen and oxygen atoms in total. The molecule has 0 radical (unpaired) electrons. The third kappa shape index (κ3) is 3.95. The first kappa shape index (κ1) is 14.8. The first-order chi connectivity index (χ1) is 9.10. The van der Waals surface area contributed by atoms with E-state index in [4.69, 9.17) is 4.74 Å². The van der Waals surface area contributed by atoms with E-state index in [0.29, 0.717) is 11.8 Å². The van der Waals surface area contributed by atoms with Gasteiger partial charge in [-0.1, -0.05) is 27.2 Å². The molecule has 1 saturated carbocycles. The molecule has 0 aromatic rings. The van der Waals surface area contributed by atoms with Gasteiger partial charge in [-0.15, -0.1) is 0 Å². The third-order valence-corrected chi connectivity index (χ3v) is 5.21. The van der Waals surface area contributed by atoms with E-state index >= 15 is 0 Å². The van der Waals surface area contributed by atoms with Crippen molar-refractivity contribution in [2.24, 2.45) is 17.8 Å². The van der Waals surface area contributed by atoms with Crippen molar-refractivity contribution in [1.82, 2.24) is 5.32 Å². The van der Waals surface area contributed by atoms with Crippen LogP contribution >= 0.6 is 0 Å². The van der Waals surface area contributed by atoms with Crippen LogP contribution in [-0.2, 0) is 9.53 Å². The van der Waals surface area contributed by atoms with Gasteiger partial charge in [0.2, 0.25) is 0 Å². The van der Waals surface area contributed by atoms with E-state index < -0.39 is 0 Å². The summed E-state index contributed by atoms with van der Waals surface area (Å²) in [4.78, 5) is 12.2. The summed E-state index contributed by atoms with van der Waals surface area (Å²) in [5.74, 6) is 2.12. The van der Waals surface area contributed by atoms with Crippen LogP contribution in [0.1, 0.15) is 59.3 Å². The number of hydrogen-bond acceptors (Lipinski definition) is 3. The van der Waals surface area contributed by atoms with Gasteiger partial charge in [-0.25, -0.2) is 0 Å². The van der Waals surface area contributed by atoms with Crippen LogP contribution in [0.25, 0.3) is 0 Å². The molecule has 1 N–H and O–H groups in total. The van der Waals surface area contributed by atoms with Crippen LogP contribution < -0.4 is 5.32 Å². The minimum absolute atomic E-state index is 0.00935. The van der Waals surface area contributed by atoms with Gasteiger partial charge in [0.15, 0.2) is 0 Å². The number of hydrogen-bond donors (Lipinski definition) is 1. The molecule has 1 aliphatic carbocycles. The highest BCUT2D eigenvalue weighted by atomic mass is 16.5. The van der Waals surface area contributed by atoms with Gasteiger partial charge in [-0.05, 0) is 56.4 Å². The predicted octanol–water partition coefficient (Wildman–Crippen LogP) is 3.13. The number of carbonyl (C=O) groups excluding carboxylic acids is 1. The molecule has 2 aliphatic rings. The van der Waals surface area contributed by atoms with Gasteiger partial charge in [-0.2, -0.15) is 0 Å². The summed E-state index contributed by atoms with van der Waals surface area (Å²) in [7, 11) is 0. The van der Waals surface area contributed by atoms with Crippen molar-refractivity contribution >= 4 is 5.97 Å². The Morgan fingerprint density at radius 1 is 1.16 bits per heavy atom. The van der Waals surface area contributed by atoms with E-state index in [9.17, 15) is 4.79 Å². The fraction of sp³-hybridized carbons (Fsp3) is 0.938. The van der Waals surface area contributed by atoms with Gasteiger partial charge in [-0.3, -0.25) is 4.79 Å². The van der Waals surface area contributed by atoms with Crippen LogP contribution in [0, 0.1) is 17.8 Å². The molecule has 5 atom stereocenters. The molecule has 5 unspecified atom stereocenters. The summed E-state index contributed by atoms with van der Waals surface area (Å²) in [6, 6.07) is -0.0617. The molecule has 19 heavy (non-hydrogen) atoms. The molecular formula is C16H29NO2. The molecule has 0 spiro atoms. The average molecular weight is 267 g/mol. The van der Waals surface area contributed by atoms with Gasteiger partial charge < -0.3 is 10.1 Å². The lowest BCUT2D eigenvalue weighted by Crippen LogP contribution is -2.45. The second-order valence-electron chi connectivity index (χ2n) is 6.63. The van der Waals surface area contributed by atoms with E-state index in [-0.39, 0.29) is 18.1 Å². The Kier molecular flexibility index (Phi) is 5.26. The normalized spacial score (nSPS) is 39.8. The van der Waals surface area contributed by atoms with E-state index in [0.717, 1.165) is 31.7 Å². The lowest BCUT2D eigenvalue weighted by molar-refractivity contribution is -0.155. The van der Waals surface area contributed by atoms with E-state index in [2.05, 4.69) is 26.1 Å². The minimum atomic E-state index is -0.0617. The summed E-state index contributed by atoms with van der Waals surface area (Å²) < 4.78 is 5.74. The number of rotatable bonds is 3. The molecule has 0 aromatic carbocycles. The Morgan fingerprint density at radius 3 is 2.63 bits per heavy atom. The zero-order valence-electron chi connectivity index (χ0n) is 12.7. The molecule has 110 valence electrons. The van der Waals surface area contributed by atoms with Crippen LogP contribution in [0.15, 0.2) is 0 Å². The van der Waals surface area contributed by atoms with Crippen LogP contribution in [0.4, 0.5) is 0 Å². The lowest BCUT2D eigenvalue weighted by atomic mass is 9.80. The van der Waals surface area contributed by atoms with Gasteiger partial charge in [0.05, 0.1) is 0 Å². The maximum Gasteiger partial charge on any atom is 0.323 e. The number of piperidine rings is 1. The van der Waals surface area contributed by atoms with E-state index in [1.54, 1.807) is 0 Å². The maximum atomic E-state index is 12.2. The highest BCUT2D eigenvalue weighted by Crippen LogP contribution is 2.31. The zero-order valence-corrected chi connectivity index (χ0v) is 12.7. The van der Waals surface area contributed by atoms with Crippen LogP contribution in [0.3, 0.4) is 0 Å². The zero-order chi connectivity index (χ0) is 13.8. The van der Waals surface area contributed by atoms with Crippen LogP contribution in [0.5, 0.6) is 0 Å². The Morgan fingerprint density at radius 2 is 1.95 bits per heavy atom. The van der Waals surface area contributed by atoms with Crippen molar-refractivity contribution in [1.29, 1.82) is 0 Å². The molecule has 0 bridgehead atoms. The number of esters is 1. The van der Waals surface area contributed by atoms with Gasteiger partial charge in [0.25, 0.3) is 0 Å². The quantitative estimate of drug-likeness (QED) is 0.798. The summed E-state index contributed by atoms with van der Waals surface area (Å²) in [6.07, 6.45) is 6.74. The first-order valence-corrected chi connectivity index (χ1v) is 8.04.